The van der Waals surface area contributed by atoms with Crippen LogP contribution in [0.5, 0.6) is 0 Å². The molecule has 4 rings (SSSR count). The lowest BCUT2D eigenvalue weighted by molar-refractivity contribution is -0.170. The molecule has 2 heterocycles. The Hall–Kier alpha value is -2.98. The Bertz CT molecular complexity index is 1130. The Morgan fingerprint density at radius 3 is 2.29 bits per heavy atom. The number of carbonyl (C=O) groups excluding carboxylic acids is 2. The summed E-state index contributed by atoms with van der Waals surface area (Å²) in [6.45, 7) is 0.944. The molecule has 34 heavy (non-hydrogen) atoms. The Balaban J connectivity index is 1.58. The van der Waals surface area contributed by atoms with Crippen LogP contribution in [0.4, 0.5) is 23.2 Å². The number of rotatable bonds is 5. The summed E-state index contributed by atoms with van der Waals surface area (Å²) in [4.78, 5) is 26.5. The minimum Gasteiger partial charge on any atom is -0.393 e. The van der Waals surface area contributed by atoms with Crippen molar-refractivity contribution in [3.8, 4) is 0 Å². The van der Waals surface area contributed by atoms with E-state index in [2.05, 4.69) is 5.32 Å². The van der Waals surface area contributed by atoms with Crippen LogP contribution >= 0.6 is 0 Å². The summed E-state index contributed by atoms with van der Waals surface area (Å²) in [7, 11) is 0. The second-order valence-electron chi connectivity index (χ2n) is 9.08. The molecule has 2 bridgehead atoms. The number of carbonyl (C=O) groups is 2. The number of nitrogens with zero attached hydrogens (tertiary/aromatic N) is 1. The van der Waals surface area contributed by atoms with Gasteiger partial charge >= 0.3 is 5.92 Å². The average molecular weight is 480 g/mol. The highest BCUT2D eigenvalue weighted by atomic mass is 19.3. The summed E-state index contributed by atoms with van der Waals surface area (Å²) in [6, 6.07) is 4.72. The first kappa shape index (κ1) is 24.2. The van der Waals surface area contributed by atoms with Crippen LogP contribution in [0.15, 0.2) is 36.4 Å². The van der Waals surface area contributed by atoms with E-state index in [0.717, 1.165) is 17.0 Å². The summed E-state index contributed by atoms with van der Waals surface area (Å²) < 4.78 is 58.5. The van der Waals surface area contributed by atoms with E-state index in [0.29, 0.717) is 25.0 Å². The standard InChI is InChI=1S/C24H24F4N2O4/c1-13-8-15(3-7-19(13)25)29-21(32)14-2-6-20(26)18(9-14)24(27,28)22(33)30-16-4-5-17(30)11-23(34,10-16)12-31/h2-3,6-9,16-17,31,34H,4-5,10-12H2,1H3,(H,29,32). The smallest absolute Gasteiger partial charge is 0.352 e. The topological polar surface area (TPSA) is 89.9 Å². The van der Waals surface area contributed by atoms with E-state index in [-0.39, 0.29) is 29.7 Å². The number of hydrogen-bond donors (Lipinski definition) is 3. The van der Waals surface area contributed by atoms with E-state index in [1.54, 1.807) is 0 Å². The first-order valence-electron chi connectivity index (χ1n) is 10.9. The fourth-order valence-corrected chi connectivity index (χ4v) is 4.89. The van der Waals surface area contributed by atoms with E-state index in [4.69, 9.17) is 0 Å². The van der Waals surface area contributed by atoms with Gasteiger partial charge in [-0.25, -0.2) is 8.78 Å². The largest absolute Gasteiger partial charge is 0.393 e. The van der Waals surface area contributed by atoms with Crippen LogP contribution in [-0.4, -0.2) is 51.2 Å². The van der Waals surface area contributed by atoms with Crippen LogP contribution in [0.3, 0.4) is 0 Å². The molecule has 10 heteroatoms. The molecule has 2 aromatic rings. The molecule has 0 aliphatic carbocycles. The Morgan fingerprint density at radius 1 is 1.09 bits per heavy atom. The van der Waals surface area contributed by atoms with Gasteiger partial charge in [0.1, 0.15) is 11.6 Å². The predicted octanol–water partition coefficient (Wildman–Crippen LogP) is 3.49. The summed E-state index contributed by atoms with van der Waals surface area (Å²) in [5.74, 6) is -8.53. The minimum atomic E-state index is -4.26. The predicted molar refractivity (Wildman–Crippen MR) is 114 cm³/mol. The number of alkyl halides is 2. The van der Waals surface area contributed by atoms with Crippen LogP contribution in [0, 0.1) is 18.6 Å². The number of benzene rings is 2. The number of amides is 2. The molecule has 0 aromatic heterocycles. The number of fused-ring (bicyclic) bond motifs is 2. The van der Waals surface area contributed by atoms with Gasteiger partial charge < -0.3 is 20.4 Å². The van der Waals surface area contributed by atoms with Gasteiger partial charge in [-0.1, -0.05) is 0 Å². The molecule has 0 radical (unpaired) electrons. The van der Waals surface area contributed by atoms with Crippen molar-refractivity contribution >= 4 is 17.5 Å². The van der Waals surface area contributed by atoms with Crippen molar-refractivity contribution in [3.05, 3.63) is 64.7 Å². The molecule has 2 aliphatic rings. The van der Waals surface area contributed by atoms with Crippen molar-refractivity contribution in [1.29, 1.82) is 0 Å². The van der Waals surface area contributed by atoms with Crippen molar-refractivity contribution in [2.45, 2.75) is 56.2 Å². The number of aliphatic hydroxyl groups is 2. The fourth-order valence-electron chi connectivity index (χ4n) is 4.89. The molecular weight excluding hydrogens is 456 g/mol. The number of anilines is 1. The molecule has 0 saturated carbocycles. The van der Waals surface area contributed by atoms with Crippen LogP contribution in [0.25, 0.3) is 0 Å². The molecule has 2 atom stereocenters. The minimum absolute atomic E-state index is 0.0518. The zero-order valence-electron chi connectivity index (χ0n) is 18.3. The van der Waals surface area contributed by atoms with Crippen LogP contribution in [-0.2, 0) is 10.7 Å². The SMILES string of the molecule is Cc1cc(NC(=O)c2ccc(F)c(C(F)(F)C(=O)N3C4CCC3CC(O)(CO)C4)c2)ccc1F. The molecule has 2 amide bonds. The third kappa shape index (κ3) is 4.27. The molecule has 6 nitrogen and oxygen atoms in total. The Morgan fingerprint density at radius 2 is 1.71 bits per heavy atom. The summed E-state index contributed by atoms with van der Waals surface area (Å²) in [5.41, 5.74) is -2.50. The normalized spacial score (nSPS) is 24.3. The maximum absolute atomic E-state index is 15.3. The van der Waals surface area contributed by atoms with Gasteiger partial charge in [0.05, 0.1) is 17.8 Å². The molecule has 2 fully saturated rings. The number of piperidine rings is 1. The van der Waals surface area contributed by atoms with E-state index in [1.165, 1.54) is 19.1 Å². The molecular formula is C24H24F4N2O4. The zero-order chi connectivity index (χ0) is 24.8. The molecule has 2 saturated heterocycles. The molecule has 2 aliphatic heterocycles. The average Bonchev–Trinajstić information content (AvgIpc) is 3.07. The highest BCUT2D eigenvalue weighted by Crippen LogP contribution is 2.44. The van der Waals surface area contributed by atoms with Gasteiger partial charge in [0, 0.05) is 23.3 Å². The molecule has 2 aromatic carbocycles. The third-order valence-electron chi connectivity index (χ3n) is 6.63. The molecule has 2 unspecified atom stereocenters. The van der Waals surface area contributed by atoms with Crippen molar-refractivity contribution in [3.63, 3.8) is 0 Å². The summed E-state index contributed by atoms with van der Waals surface area (Å²) >= 11 is 0. The van der Waals surface area contributed by atoms with Gasteiger partial charge in [0.15, 0.2) is 0 Å². The van der Waals surface area contributed by atoms with Gasteiger partial charge in [0.2, 0.25) is 0 Å². The van der Waals surface area contributed by atoms with Gasteiger partial charge in [-0.3, -0.25) is 9.59 Å². The number of hydrogen-bond acceptors (Lipinski definition) is 4. The van der Waals surface area contributed by atoms with Gasteiger partial charge in [-0.15, -0.1) is 0 Å². The first-order valence-corrected chi connectivity index (χ1v) is 10.9. The van der Waals surface area contributed by atoms with Crippen LogP contribution in [0.1, 0.15) is 47.2 Å². The highest BCUT2D eigenvalue weighted by Gasteiger charge is 2.55. The van der Waals surface area contributed by atoms with Crippen LogP contribution < -0.4 is 5.32 Å². The Labute approximate surface area is 193 Å². The van der Waals surface area contributed by atoms with E-state index >= 15 is 8.78 Å². The number of aryl methyl sites for hydroxylation is 1. The Kier molecular flexibility index (Phi) is 6.15. The van der Waals surface area contributed by atoms with Gasteiger partial charge in [0.25, 0.3) is 11.8 Å². The maximum Gasteiger partial charge on any atom is 0.352 e. The van der Waals surface area contributed by atoms with Crippen molar-refractivity contribution in [1.82, 2.24) is 4.90 Å². The summed E-state index contributed by atoms with van der Waals surface area (Å²) in [6.07, 6.45) is 0.668. The summed E-state index contributed by atoms with van der Waals surface area (Å²) in [5, 5.41) is 22.2. The van der Waals surface area contributed by atoms with Crippen molar-refractivity contribution < 1.29 is 37.4 Å². The lowest BCUT2D eigenvalue weighted by Crippen LogP contribution is -2.57. The van der Waals surface area contributed by atoms with Crippen molar-refractivity contribution in [2.24, 2.45) is 0 Å². The molecule has 3 N–H and O–H groups in total. The van der Waals surface area contributed by atoms with E-state index in [1.807, 2.05) is 0 Å². The van der Waals surface area contributed by atoms with E-state index in [9.17, 15) is 28.6 Å². The first-order chi connectivity index (χ1) is 15.9. The lowest BCUT2D eigenvalue weighted by atomic mass is 9.86. The highest BCUT2D eigenvalue weighted by molar-refractivity contribution is 6.04. The molecule has 0 spiro atoms. The second kappa shape index (κ2) is 8.66. The van der Waals surface area contributed by atoms with Crippen molar-refractivity contribution in [2.75, 3.05) is 11.9 Å². The number of aliphatic hydroxyl groups excluding tert-OH is 1. The lowest BCUT2D eigenvalue weighted by Gasteiger charge is -2.44. The fraction of sp³-hybridized carbons (Fsp3) is 0.417. The molecule has 182 valence electrons. The van der Waals surface area contributed by atoms with Crippen LogP contribution in [0.2, 0.25) is 0 Å². The quantitative estimate of drug-likeness (QED) is 0.572. The van der Waals surface area contributed by atoms with Gasteiger partial charge in [-0.2, -0.15) is 8.78 Å². The van der Waals surface area contributed by atoms with Gasteiger partial charge in [-0.05, 0) is 74.6 Å². The zero-order valence-corrected chi connectivity index (χ0v) is 18.3. The maximum atomic E-state index is 15.3. The third-order valence-corrected chi connectivity index (χ3v) is 6.63. The second-order valence-corrected chi connectivity index (χ2v) is 9.08. The number of halogens is 4. The monoisotopic (exact) mass is 480 g/mol. The van der Waals surface area contributed by atoms with E-state index < -0.39 is 59.2 Å². The number of nitrogens with one attached hydrogen (secondary N) is 1.